The molecule has 1 saturated heterocycles. The fourth-order valence-electron chi connectivity index (χ4n) is 6.01. The Labute approximate surface area is 258 Å². The second kappa shape index (κ2) is 13.9. The molecular formula is C37H38FN3O3. The molecule has 3 atom stereocenters. The van der Waals surface area contributed by atoms with Crippen LogP contribution in [0.1, 0.15) is 48.1 Å². The van der Waals surface area contributed by atoms with Crippen LogP contribution in [-0.2, 0) is 30.7 Å². The molecule has 1 heterocycles. The smallest absolute Gasteiger partial charge is 0.321 e. The highest BCUT2D eigenvalue weighted by Crippen LogP contribution is 2.32. The van der Waals surface area contributed by atoms with Crippen LogP contribution in [0.5, 0.6) is 0 Å². The quantitative estimate of drug-likeness (QED) is 0.205. The fourth-order valence-corrected chi connectivity index (χ4v) is 6.01. The van der Waals surface area contributed by atoms with Crippen LogP contribution in [0.2, 0.25) is 0 Å². The molecule has 44 heavy (non-hydrogen) atoms. The van der Waals surface area contributed by atoms with Crippen molar-refractivity contribution >= 4 is 6.03 Å². The van der Waals surface area contributed by atoms with Crippen LogP contribution in [0.15, 0.2) is 109 Å². The predicted octanol–water partition coefficient (Wildman–Crippen LogP) is 6.86. The molecule has 4 aromatic carbocycles. The van der Waals surface area contributed by atoms with Crippen molar-refractivity contribution in [3.63, 3.8) is 0 Å². The van der Waals surface area contributed by atoms with Crippen molar-refractivity contribution in [3.05, 3.63) is 143 Å². The van der Waals surface area contributed by atoms with Crippen molar-refractivity contribution in [2.45, 2.75) is 70.2 Å². The molecule has 1 aliphatic heterocycles. The topological polar surface area (TPSA) is 76.8 Å². The Morgan fingerprint density at radius 2 is 1.36 bits per heavy atom. The first-order valence-electron chi connectivity index (χ1n) is 15.0. The summed E-state index contributed by atoms with van der Waals surface area (Å²) in [4.78, 5) is 18.6. The van der Waals surface area contributed by atoms with Gasteiger partial charge in [-0.1, -0.05) is 97.1 Å². The molecule has 6 nitrogen and oxygen atoms in total. The number of hydrogen-bond acceptors (Lipinski definition) is 4. The number of aliphatic hydroxyl groups is 1. The zero-order chi connectivity index (χ0) is 31.1. The van der Waals surface area contributed by atoms with Gasteiger partial charge < -0.3 is 19.6 Å². The van der Waals surface area contributed by atoms with Gasteiger partial charge in [-0.2, -0.15) is 5.26 Å². The molecule has 5 rings (SSSR count). The molecule has 226 valence electrons. The number of ether oxygens (including phenoxy) is 1. The van der Waals surface area contributed by atoms with Gasteiger partial charge in [0.05, 0.1) is 17.7 Å². The van der Waals surface area contributed by atoms with E-state index in [1.807, 2.05) is 107 Å². The lowest BCUT2D eigenvalue weighted by atomic mass is 9.92. The highest BCUT2D eigenvalue weighted by atomic mass is 19.1. The summed E-state index contributed by atoms with van der Waals surface area (Å²) in [5.74, 6) is -2.03. The number of carbonyl (C=O) groups is 1. The van der Waals surface area contributed by atoms with E-state index in [0.29, 0.717) is 31.4 Å². The highest BCUT2D eigenvalue weighted by molar-refractivity contribution is 5.76. The zero-order valence-corrected chi connectivity index (χ0v) is 25.1. The van der Waals surface area contributed by atoms with Crippen LogP contribution >= 0.6 is 0 Å². The molecule has 0 spiro atoms. The van der Waals surface area contributed by atoms with E-state index >= 15 is 0 Å². The van der Waals surface area contributed by atoms with Crippen molar-refractivity contribution in [1.29, 1.82) is 5.26 Å². The largest absolute Gasteiger partial charge is 0.366 e. The molecule has 0 aromatic heterocycles. The lowest BCUT2D eigenvalue weighted by molar-refractivity contribution is -0.218. The summed E-state index contributed by atoms with van der Waals surface area (Å²) in [6.07, 6.45) is 1.03. The molecule has 0 bridgehead atoms. The number of amides is 2. The third kappa shape index (κ3) is 7.90. The van der Waals surface area contributed by atoms with Gasteiger partial charge in [0, 0.05) is 19.1 Å². The number of nitriles is 1. The van der Waals surface area contributed by atoms with Crippen molar-refractivity contribution in [2.75, 3.05) is 0 Å². The summed E-state index contributed by atoms with van der Waals surface area (Å²) in [6, 6.07) is 35.3. The van der Waals surface area contributed by atoms with E-state index in [-0.39, 0.29) is 24.2 Å². The van der Waals surface area contributed by atoms with E-state index in [1.165, 1.54) is 12.1 Å². The number of carbonyl (C=O) groups excluding carboxylic acids is 1. The van der Waals surface area contributed by atoms with Crippen LogP contribution in [0.25, 0.3) is 0 Å². The van der Waals surface area contributed by atoms with Crippen LogP contribution < -0.4 is 0 Å². The van der Waals surface area contributed by atoms with Crippen LogP contribution in [0.4, 0.5) is 9.18 Å². The van der Waals surface area contributed by atoms with Gasteiger partial charge >= 0.3 is 6.03 Å². The minimum atomic E-state index is -1.44. The Kier molecular flexibility index (Phi) is 9.74. The SMILES string of the molecule is CC(C)(O)OC1C[C@@H](Cc2ccccc2)N(Cc2ccc(F)c(C#N)c2)C(=O)N(Cc2ccccc2)C1Cc1ccccc1. The number of rotatable bonds is 10. The normalized spacial score (nSPS) is 19.0. The van der Waals surface area contributed by atoms with Gasteiger partial charge in [0.2, 0.25) is 0 Å². The average Bonchev–Trinajstić information content (AvgIpc) is 3.10. The number of benzene rings is 4. The summed E-state index contributed by atoms with van der Waals surface area (Å²) in [6.45, 7) is 3.76. The minimum absolute atomic E-state index is 0.0595. The Hall–Kier alpha value is -4.51. The Morgan fingerprint density at radius 1 is 0.818 bits per heavy atom. The van der Waals surface area contributed by atoms with E-state index in [0.717, 1.165) is 16.7 Å². The first kappa shape index (κ1) is 30.9. The van der Waals surface area contributed by atoms with Crippen LogP contribution in [0, 0.1) is 17.1 Å². The number of nitrogens with zero attached hydrogens (tertiary/aromatic N) is 3. The van der Waals surface area contributed by atoms with Crippen LogP contribution in [-0.4, -0.2) is 44.9 Å². The first-order chi connectivity index (χ1) is 21.2. The standard InChI is InChI=1S/C37H38FN3O3/c1-37(2,43)44-35-23-32(21-27-12-6-3-7-13-27)40(26-30-18-19-33(38)31(20-30)24-39)36(42)41(25-29-16-10-5-11-17-29)34(35)22-28-14-8-4-9-15-28/h3-20,32,34-35,43H,21-23,25-26H2,1-2H3/t32-,34?,35?/m1/s1. The predicted molar refractivity (Wildman–Crippen MR) is 168 cm³/mol. The minimum Gasteiger partial charge on any atom is -0.366 e. The van der Waals surface area contributed by atoms with Gasteiger partial charge in [-0.3, -0.25) is 0 Å². The van der Waals surface area contributed by atoms with Gasteiger partial charge in [0.25, 0.3) is 0 Å². The summed E-state index contributed by atoms with van der Waals surface area (Å²) < 4.78 is 20.7. The fraction of sp³-hybridized carbons (Fsp3) is 0.297. The molecule has 2 unspecified atom stereocenters. The number of halogens is 1. The van der Waals surface area contributed by atoms with E-state index in [9.17, 15) is 19.6 Å². The summed E-state index contributed by atoms with van der Waals surface area (Å²) in [7, 11) is 0. The molecule has 1 N–H and O–H groups in total. The molecule has 7 heteroatoms. The third-order valence-electron chi connectivity index (χ3n) is 8.01. The lowest BCUT2D eigenvalue weighted by Crippen LogP contribution is -2.51. The number of urea groups is 1. The monoisotopic (exact) mass is 591 g/mol. The Morgan fingerprint density at radius 3 is 1.93 bits per heavy atom. The summed E-state index contributed by atoms with van der Waals surface area (Å²) in [5.41, 5.74) is 3.69. The van der Waals surface area contributed by atoms with E-state index in [2.05, 4.69) is 0 Å². The van der Waals surface area contributed by atoms with E-state index < -0.39 is 23.8 Å². The lowest BCUT2D eigenvalue weighted by Gasteiger charge is -2.38. The maximum Gasteiger partial charge on any atom is 0.321 e. The zero-order valence-electron chi connectivity index (χ0n) is 25.1. The average molecular weight is 592 g/mol. The van der Waals surface area contributed by atoms with Gasteiger partial charge in [-0.25, -0.2) is 9.18 Å². The van der Waals surface area contributed by atoms with Crippen molar-refractivity contribution in [3.8, 4) is 6.07 Å². The second-order valence-electron chi connectivity index (χ2n) is 11.9. The molecular weight excluding hydrogens is 553 g/mol. The molecule has 0 aliphatic carbocycles. The molecule has 2 amide bonds. The molecule has 1 aliphatic rings. The third-order valence-corrected chi connectivity index (χ3v) is 8.01. The van der Waals surface area contributed by atoms with Gasteiger partial charge in [0.1, 0.15) is 11.9 Å². The summed E-state index contributed by atoms with van der Waals surface area (Å²) >= 11 is 0. The molecule has 1 fully saturated rings. The van der Waals surface area contributed by atoms with E-state index in [4.69, 9.17) is 4.74 Å². The highest BCUT2D eigenvalue weighted by Gasteiger charge is 2.43. The molecule has 4 aromatic rings. The molecule has 0 radical (unpaired) electrons. The van der Waals surface area contributed by atoms with Crippen LogP contribution in [0.3, 0.4) is 0 Å². The van der Waals surface area contributed by atoms with E-state index in [1.54, 1.807) is 19.9 Å². The van der Waals surface area contributed by atoms with Gasteiger partial charge in [0.15, 0.2) is 5.79 Å². The number of hydrogen-bond donors (Lipinski definition) is 1. The van der Waals surface area contributed by atoms with Crippen molar-refractivity contribution in [2.24, 2.45) is 0 Å². The maximum atomic E-state index is 14.9. The Bertz CT molecular complexity index is 1570. The van der Waals surface area contributed by atoms with Crippen molar-refractivity contribution in [1.82, 2.24) is 9.80 Å². The maximum absolute atomic E-state index is 14.9. The second-order valence-corrected chi connectivity index (χ2v) is 11.9. The van der Waals surface area contributed by atoms with Crippen molar-refractivity contribution < 1.29 is 19.0 Å². The molecule has 0 saturated carbocycles. The first-order valence-corrected chi connectivity index (χ1v) is 15.0. The van der Waals surface area contributed by atoms with Gasteiger partial charge in [-0.15, -0.1) is 0 Å². The van der Waals surface area contributed by atoms with Gasteiger partial charge in [-0.05, 0) is 67.5 Å². The summed E-state index contributed by atoms with van der Waals surface area (Å²) in [5, 5.41) is 20.4. The Balaban J connectivity index is 1.63.